The average Bonchev–Trinajstić information content (AvgIpc) is 3.06. The Morgan fingerprint density at radius 2 is 1.95 bits per heavy atom. The van der Waals surface area contributed by atoms with E-state index < -0.39 is 0 Å². The summed E-state index contributed by atoms with van der Waals surface area (Å²) in [5.74, 6) is 0.685. The summed E-state index contributed by atoms with van der Waals surface area (Å²) in [6.45, 7) is 2.08. The lowest BCUT2D eigenvalue weighted by molar-refractivity contribution is 0.324. The number of hydrogen-bond acceptors (Lipinski definition) is 2. The van der Waals surface area contributed by atoms with Crippen LogP contribution in [0, 0.1) is 0 Å². The van der Waals surface area contributed by atoms with Gasteiger partial charge in [0.15, 0.2) is 0 Å². The summed E-state index contributed by atoms with van der Waals surface area (Å²) >= 11 is 0. The van der Waals surface area contributed by atoms with Gasteiger partial charge in [-0.2, -0.15) is 5.10 Å². The summed E-state index contributed by atoms with van der Waals surface area (Å²) in [6.07, 6.45) is 10.4. The number of hydrogen-bond donors (Lipinski definition) is 1. The van der Waals surface area contributed by atoms with Crippen LogP contribution in [-0.2, 0) is 6.54 Å². The van der Waals surface area contributed by atoms with Crippen molar-refractivity contribution in [2.24, 2.45) is 0 Å². The van der Waals surface area contributed by atoms with E-state index in [0.29, 0.717) is 12.0 Å². The Labute approximate surface area is 127 Å². The van der Waals surface area contributed by atoms with Crippen LogP contribution in [0.4, 0.5) is 0 Å². The molecule has 0 saturated heterocycles. The zero-order valence-electron chi connectivity index (χ0n) is 12.6. The van der Waals surface area contributed by atoms with E-state index in [4.69, 9.17) is 0 Å². The summed E-state index contributed by atoms with van der Waals surface area (Å²) in [7, 11) is 0. The van der Waals surface area contributed by atoms with E-state index in [9.17, 15) is 0 Å². The molecule has 3 nitrogen and oxygen atoms in total. The molecule has 1 saturated carbocycles. The Hall–Kier alpha value is -1.61. The number of rotatable bonds is 6. The lowest BCUT2D eigenvalue weighted by Crippen LogP contribution is -2.38. The fraction of sp³-hybridized carbons (Fsp3) is 0.500. The van der Waals surface area contributed by atoms with E-state index >= 15 is 0 Å². The summed E-state index contributed by atoms with van der Waals surface area (Å²) in [6, 6.07) is 13.6. The molecule has 0 amide bonds. The molecular formula is C18H25N3. The normalized spacial score (nSPS) is 22.3. The van der Waals surface area contributed by atoms with Crippen LogP contribution in [0.2, 0.25) is 0 Å². The molecule has 2 aromatic rings. The Morgan fingerprint density at radius 3 is 2.76 bits per heavy atom. The second-order valence-corrected chi connectivity index (χ2v) is 5.98. The van der Waals surface area contributed by atoms with Crippen molar-refractivity contribution in [3.05, 3.63) is 54.4 Å². The number of aryl methyl sites for hydroxylation is 1. The summed E-state index contributed by atoms with van der Waals surface area (Å²) in [4.78, 5) is 0. The van der Waals surface area contributed by atoms with Crippen LogP contribution >= 0.6 is 0 Å². The molecule has 2 atom stereocenters. The predicted molar refractivity (Wildman–Crippen MR) is 86.3 cm³/mol. The zero-order chi connectivity index (χ0) is 14.3. The van der Waals surface area contributed by atoms with Gasteiger partial charge in [-0.3, -0.25) is 4.68 Å². The van der Waals surface area contributed by atoms with Gasteiger partial charge in [0.05, 0.1) is 0 Å². The van der Waals surface area contributed by atoms with Crippen molar-refractivity contribution in [3.8, 4) is 0 Å². The molecule has 1 aliphatic rings. The largest absolute Gasteiger partial charge is 0.313 e. The molecule has 1 N–H and O–H groups in total. The molecule has 1 aromatic carbocycles. The Morgan fingerprint density at radius 1 is 1.10 bits per heavy atom. The highest BCUT2D eigenvalue weighted by Crippen LogP contribution is 2.32. The minimum atomic E-state index is 0.638. The van der Waals surface area contributed by atoms with Crippen molar-refractivity contribution >= 4 is 0 Å². The van der Waals surface area contributed by atoms with Gasteiger partial charge in [-0.1, -0.05) is 43.2 Å². The minimum absolute atomic E-state index is 0.638. The second-order valence-electron chi connectivity index (χ2n) is 5.98. The molecule has 0 aliphatic heterocycles. The van der Waals surface area contributed by atoms with Crippen molar-refractivity contribution in [1.82, 2.24) is 15.1 Å². The first-order valence-electron chi connectivity index (χ1n) is 8.19. The molecule has 1 aliphatic carbocycles. The number of nitrogens with zero attached hydrogens (tertiary/aromatic N) is 2. The molecule has 3 heteroatoms. The topological polar surface area (TPSA) is 29.9 Å². The molecule has 0 bridgehead atoms. The molecule has 0 spiro atoms. The van der Waals surface area contributed by atoms with Gasteiger partial charge in [-0.25, -0.2) is 0 Å². The summed E-state index contributed by atoms with van der Waals surface area (Å²) < 4.78 is 2.01. The third-order valence-corrected chi connectivity index (χ3v) is 4.52. The van der Waals surface area contributed by atoms with Crippen molar-refractivity contribution in [2.75, 3.05) is 6.54 Å². The minimum Gasteiger partial charge on any atom is -0.313 e. The molecule has 3 rings (SSSR count). The molecular weight excluding hydrogens is 258 g/mol. The van der Waals surface area contributed by atoms with Gasteiger partial charge < -0.3 is 5.32 Å². The highest BCUT2D eigenvalue weighted by molar-refractivity contribution is 5.21. The maximum absolute atomic E-state index is 4.25. The van der Waals surface area contributed by atoms with E-state index in [1.807, 2.05) is 23.1 Å². The van der Waals surface area contributed by atoms with Gasteiger partial charge in [0.2, 0.25) is 0 Å². The van der Waals surface area contributed by atoms with Gasteiger partial charge in [-0.05, 0) is 43.4 Å². The zero-order valence-corrected chi connectivity index (χ0v) is 12.6. The van der Waals surface area contributed by atoms with Crippen molar-refractivity contribution in [3.63, 3.8) is 0 Å². The van der Waals surface area contributed by atoms with Crippen LogP contribution in [0.1, 0.15) is 43.6 Å². The van der Waals surface area contributed by atoms with E-state index in [0.717, 1.165) is 19.5 Å². The lowest BCUT2D eigenvalue weighted by atomic mass is 9.80. The van der Waals surface area contributed by atoms with Crippen LogP contribution in [0.15, 0.2) is 48.8 Å². The van der Waals surface area contributed by atoms with E-state index in [2.05, 4.69) is 40.7 Å². The molecule has 2 unspecified atom stereocenters. The average molecular weight is 283 g/mol. The third-order valence-electron chi connectivity index (χ3n) is 4.52. The molecule has 21 heavy (non-hydrogen) atoms. The lowest BCUT2D eigenvalue weighted by Gasteiger charge is -2.33. The van der Waals surface area contributed by atoms with Crippen LogP contribution in [-0.4, -0.2) is 22.4 Å². The second kappa shape index (κ2) is 7.41. The van der Waals surface area contributed by atoms with Gasteiger partial charge in [0.1, 0.15) is 0 Å². The summed E-state index contributed by atoms with van der Waals surface area (Å²) in [5, 5.41) is 8.04. The monoisotopic (exact) mass is 283 g/mol. The molecule has 112 valence electrons. The van der Waals surface area contributed by atoms with Crippen molar-refractivity contribution < 1.29 is 0 Å². The van der Waals surface area contributed by atoms with Gasteiger partial charge in [0.25, 0.3) is 0 Å². The van der Waals surface area contributed by atoms with Gasteiger partial charge in [-0.15, -0.1) is 0 Å². The van der Waals surface area contributed by atoms with Crippen molar-refractivity contribution in [1.29, 1.82) is 0 Å². The maximum Gasteiger partial charge on any atom is 0.0489 e. The SMILES string of the molecule is c1ccc(C2CCCCC2NCCCn2cccn2)cc1. The van der Waals surface area contributed by atoms with E-state index in [1.54, 1.807) is 0 Å². The standard InChI is InChI=1S/C18H25N3/c1-2-8-16(9-3-1)17-10-4-5-11-18(17)19-12-6-14-21-15-7-13-20-21/h1-3,7-9,13,15,17-19H,4-6,10-12,14H2. The van der Waals surface area contributed by atoms with Gasteiger partial charge >= 0.3 is 0 Å². The highest BCUT2D eigenvalue weighted by atomic mass is 15.3. The van der Waals surface area contributed by atoms with E-state index in [-0.39, 0.29) is 0 Å². The maximum atomic E-state index is 4.25. The van der Waals surface area contributed by atoms with Crippen molar-refractivity contribution in [2.45, 2.75) is 50.6 Å². The Balaban J connectivity index is 1.50. The first kappa shape index (κ1) is 14.3. The van der Waals surface area contributed by atoms with E-state index in [1.165, 1.54) is 31.2 Å². The quantitative estimate of drug-likeness (QED) is 0.821. The van der Waals surface area contributed by atoms with Crippen LogP contribution in [0.5, 0.6) is 0 Å². The van der Waals surface area contributed by atoms with Crippen LogP contribution in [0.25, 0.3) is 0 Å². The molecule has 1 heterocycles. The first-order valence-corrected chi connectivity index (χ1v) is 8.19. The smallest absolute Gasteiger partial charge is 0.0489 e. The fourth-order valence-corrected chi connectivity index (χ4v) is 3.44. The number of benzene rings is 1. The Bertz CT molecular complexity index is 507. The first-order chi connectivity index (χ1) is 10.4. The Kier molecular flexibility index (Phi) is 5.06. The van der Waals surface area contributed by atoms with Crippen LogP contribution < -0.4 is 5.32 Å². The number of aromatic nitrogens is 2. The summed E-state index contributed by atoms with van der Waals surface area (Å²) in [5.41, 5.74) is 1.50. The van der Waals surface area contributed by atoms with Crippen LogP contribution in [0.3, 0.4) is 0 Å². The molecule has 1 fully saturated rings. The third kappa shape index (κ3) is 3.94. The highest BCUT2D eigenvalue weighted by Gasteiger charge is 2.25. The predicted octanol–water partition coefficient (Wildman–Crippen LogP) is 3.59. The number of nitrogens with one attached hydrogen (secondary N) is 1. The molecule has 1 aromatic heterocycles. The molecule has 0 radical (unpaired) electrons. The fourth-order valence-electron chi connectivity index (χ4n) is 3.44. The van der Waals surface area contributed by atoms with Gasteiger partial charge in [0, 0.05) is 25.0 Å².